The maximum atomic E-state index is 13.1. The number of amides is 1. The molecular formula is C21H19NO. The molecule has 0 spiro atoms. The summed E-state index contributed by atoms with van der Waals surface area (Å²) < 4.78 is 0. The van der Waals surface area contributed by atoms with Crippen LogP contribution in [-0.4, -0.2) is 12.5 Å². The molecule has 0 atom stereocenters. The van der Waals surface area contributed by atoms with Crippen LogP contribution in [-0.2, 0) is 6.42 Å². The third kappa shape index (κ3) is 2.40. The van der Waals surface area contributed by atoms with Gasteiger partial charge in [0.2, 0.25) is 0 Å². The van der Waals surface area contributed by atoms with Crippen LogP contribution in [0.1, 0.15) is 27.9 Å². The van der Waals surface area contributed by atoms with Gasteiger partial charge in [-0.15, -0.1) is 0 Å². The van der Waals surface area contributed by atoms with Gasteiger partial charge in [0.1, 0.15) is 0 Å². The maximum Gasteiger partial charge on any atom is 0.258 e. The molecule has 0 saturated carbocycles. The van der Waals surface area contributed by atoms with Crippen molar-refractivity contribution in [2.45, 2.75) is 19.8 Å². The van der Waals surface area contributed by atoms with Crippen LogP contribution in [0.15, 0.2) is 60.7 Å². The Labute approximate surface area is 136 Å². The lowest BCUT2D eigenvalue weighted by molar-refractivity contribution is 0.0985. The Kier molecular flexibility index (Phi) is 3.38. The van der Waals surface area contributed by atoms with Gasteiger partial charge >= 0.3 is 0 Å². The molecule has 1 aliphatic rings. The Morgan fingerprint density at radius 2 is 1.78 bits per heavy atom. The van der Waals surface area contributed by atoms with Crippen LogP contribution in [0.2, 0.25) is 0 Å². The summed E-state index contributed by atoms with van der Waals surface area (Å²) in [5, 5.41) is 2.28. The molecule has 0 bridgehead atoms. The van der Waals surface area contributed by atoms with Crippen LogP contribution in [0.3, 0.4) is 0 Å². The van der Waals surface area contributed by atoms with Crippen molar-refractivity contribution < 1.29 is 4.79 Å². The van der Waals surface area contributed by atoms with E-state index < -0.39 is 0 Å². The zero-order valence-electron chi connectivity index (χ0n) is 13.3. The topological polar surface area (TPSA) is 20.3 Å². The van der Waals surface area contributed by atoms with Crippen molar-refractivity contribution >= 4 is 22.4 Å². The average Bonchev–Trinajstić information content (AvgIpc) is 2.60. The summed E-state index contributed by atoms with van der Waals surface area (Å²) in [6.45, 7) is 2.88. The third-order valence-corrected chi connectivity index (χ3v) is 4.66. The van der Waals surface area contributed by atoms with Crippen LogP contribution in [0.25, 0.3) is 10.8 Å². The number of fused-ring (bicyclic) bond motifs is 2. The highest BCUT2D eigenvalue weighted by atomic mass is 16.2. The van der Waals surface area contributed by atoms with E-state index in [1.165, 1.54) is 16.5 Å². The van der Waals surface area contributed by atoms with Crippen molar-refractivity contribution in [2.24, 2.45) is 0 Å². The number of hydrogen-bond acceptors (Lipinski definition) is 1. The van der Waals surface area contributed by atoms with E-state index in [1.54, 1.807) is 0 Å². The largest absolute Gasteiger partial charge is 0.308 e. The predicted octanol–water partition coefficient (Wildman–Crippen LogP) is 4.74. The van der Waals surface area contributed by atoms with Gasteiger partial charge in [-0.1, -0.05) is 48.5 Å². The van der Waals surface area contributed by atoms with Gasteiger partial charge in [-0.05, 0) is 53.8 Å². The average molecular weight is 301 g/mol. The molecule has 0 aliphatic carbocycles. The number of para-hydroxylation sites is 1. The number of carbonyl (C=O) groups excluding carboxylic acids is 1. The van der Waals surface area contributed by atoms with E-state index in [9.17, 15) is 4.79 Å². The fourth-order valence-corrected chi connectivity index (χ4v) is 3.53. The molecule has 3 aromatic rings. The second-order valence-electron chi connectivity index (χ2n) is 6.20. The van der Waals surface area contributed by atoms with Gasteiger partial charge in [0, 0.05) is 12.1 Å². The monoisotopic (exact) mass is 301 g/mol. The van der Waals surface area contributed by atoms with Crippen LogP contribution < -0.4 is 4.90 Å². The van der Waals surface area contributed by atoms with Gasteiger partial charge in [0.15, 0.2) is 0 Å². The molecule has 0 saturated heterocycles. The smallest absolute Gasteiger partial charge is 0.258 e. The van der Waals surface area contributed by atoms with Gasteiger partial charge in [-0.2, -0.15) is 0 Å². The number of hydrogen-bond donors (Lipinski definition) is 0. The number of nitrogens with zero attached hydrogens (tertiary/aromatic N) is 1. The first kappa shape index (κ1) is 14.0. The molecule has 1 amide bonds. The molecule has 2 heteroatoms. The lowest BCUT2D eigenvalue weighted by atomic mass is 9.97. The lowest BCUT2D eigenvalue weighted by Gasteiger charge is -2.31. The molecule has 0 radical (unpaired) electrons. The quantitative estimate of drug-likeness (QED) is 0.635. The van der Waals surface area contributed by atoms with Crippen molar-refractivity contribution in [1.82, 2.24) is 0 Å². The molecule has 114 valence electrons. The summed E-state index contributed by atoms with van der Waals surface area (Å²) in [7, 11) is 0. The standard InChI is InChI=1S/C21H19NO/c1-15-6-4-9-17-10-5-13-22(20(15)17)21(23)19-12-11-16-7-2-3-8-18(16)14-19/h2-4,6-9,11-12,14H,5,10,13H2,1H3. The number of anilines is 1. The molecule has 0 unspecified atom stereocenters. The molecular weight excluding hydrogens is 282 g/mol. The number of carbonyl (C=O) groups is 1. The highest BCUT2D eigenvalue weighted by Crippen LogP contribution is 2.32. The predicted molar refractivity (Wildman–Crippen MR) is 95.1 cm³/mol. The molecule has 1 heterocycles. The van der Waals surface area contributed by atoms with Gasteiger partial charge in [-0.25, -0.2) is 0 Å². The number of aryl methyl sites for hydroxylation is 2. The van der Waals surface area contributed by atoms with E-state index in [0.29, 0.717) is 0 Å². The van der Waals surface area contributed by atoms with Gasteiger partial charge in [0.25, 0.3) is 5.91 Å². The molecule has 2 nitrogen and oxygen atoms in total. The summed E-state index contributed by atoms with van der Waals surface area (Å²) in [6, 6.07) is 20.5. The SMILES string of the molecule is Cc1cccc2c1N(C(=O)c1ccc3ccccc3c1)CCC2. The van der Waals surface area contributed by atoms with Crippen molar-refractivity contribution in [2.75, 3.05) is 11.4 Å². The lowest BCUT2D eigenvalue weighted by Crippen LogP contribution is -2.36. The van der Waals surface area contributed by atoms with Gasteiger partial charge < -0.3 is 4.90 Å². The van der Waals surface area contributed by atoms with Gasteiger partial charge in [-0.3, -0.25) is 4.79 Å². The van der Waals surface area contributed by atoms with Crippen molar-refractivity contribution in [3.05, 3.63) is 77.4 Å². The van der Waals surface area contributed by atoms with E-state index in [2.05, 4.69) is 37.3 Å². The van der Waals surface area contributed by atoms with E-state index in [1.807, 2.05) is 35.2 Å². The van der Waals surface area contributed by atoms with Crippen LogP contribution in [0, 0.1) is 6.92 Å². The Balaban J connectivity index is 1.77. The number of benzene rings is 3. The van der Waals surface area contributed by atoms with E-state index in [-0.39, 0.29) is 5.91 Å². The Bertz CT molecular complexity index is 897. The van der Waals surface area contributed by atoms with E-state index in [4.69, 9.17) is 0 Å². The summed E-state index contributed by atoms with van der Waals surface area (Å²) in [5.41, 5.74) is 4.33. The minimum Gasteiger partial charge on any atom is -0.308 e. The Hall–Kier alpha value is -2.61. The minimum atomic E-state index is 0.103. The Morgan fingerprint density at radius 1 is 0.957 bits per heavy atom. The summed E-state index contributed by atoms with van der Waals surface area (Å²) in [4.78, 5) is 15.0. The second-order valence-corrected chi connectivity index (χ2v) is 6.20. The second kappa shape index (κ2) is 5.54. The third-order valence-electron chi connectivity index (χ3n) is 4.66. The minimum absolute atomic E-state index is 0.103. The van der Waals surface area contributed by atoms with E-state index >= 15 is 0 Å². The molecule has 0 N–H and O–H groups in total. The Morgan fingerprint density at radius 3 is 2.65 bits per heavy atom. The molecule has 4 rings (SSSR count). The molecule has 23 heavy (non-hydrogen) atoms. The molecule has 0 aromatic heterocycles. The van der Waals surface area contributed by atoms with Crippen molar-refractivity contribution in [3.8, 4) is 0 Å². The number of rotatable bonds is 1. The maximum absolute atomic E-state index is 13.1. The summed E-state index contributed by atoms with van der Waals surface area (Å²) >= 11 is 0. The van der Waals surface area contributed by atoms with Crippen LogP contribution >= 0.6 is 0 Å². The van der Waals surface area contributed by atoms with Crippen LogP contribution in [0.4, 0.5) is 5.69 Å². The van der Waals surface area contributed by atoms with Crippen molar-refractivity contribution in [1.29, 1.82) is 0 Å². The summed E-state index contributed by atoms with van der Waals surface area (Å²) in [5.74, 6) is 0.103. The summed E-state index contributed by atoms with van der Waals surface area (Å²) in [6.07, 6.45) is 2.08. The van der Waals surface area contributed by atoms with Gasteiger partial charge in [0.05, 0.1) is 5.69 Å². The fraction of sp³-hybridized carbons (Fsp3) is 0.190. The molecule has 3 aromatic carbocycles. The fourth-order valence-electron chi connectivity index (χ4n) is 3.53. The first-order chi connectivity index (χ1) is 11.2. The first-order valence-corrected chi connectivity index (χ1v) is 8.13. The normalized spacial score (nSPS) is 13.9. The zero-order chi connectivity index (χ0) is 15.8. The molecule has 0 fully saturated rings. The van der Waals surface area contributed by atoms with E-state index in [0.717, 1.165) is 36.0 Å². The van der Waals surface area contributed by atoms with Crippen LogP contribution in [0.5, 0.6) is 0 Å². The first-order valence-electron chi connectivity index (χ1n) is 8.13. The highest BCUT2D eigenvalue weighted by Gasteiger charge is 2.24. The zero-order valence-corrected chi connectivity index (χ0v) is 13.3. The highest BCUT2D eigenvalue weighted by molar-refractivity contribution is 6.09. The molecule has 1 aliphatic heterocycles. The van der Waals surface area contributed by atoms with Crippen molar-refractivity contribution in [3.63, 3.8) is 0 Å².